The Morgan fingerprint density at radius 3 is 2.58 bits per heavy atom. The number of hydrogen-bond donors (Lipinski definition) is 1. The van der Waals surface area contributed by atoms with Crippen LogP contribution in [0.1, 0.15) is 25.5 Å². The van der Waals surface area contributed by atoms with Gasteiger partial charge in [-0.15, -0.1) is 5.10 Å². The number of anilines is 1. The van der Waals surface area contributed by atoms with E-state index in [1.807, 2.05) is 55.5 Å². The van der Waals surface area contributed by atoms with Gasteiger partial charge in [0.1, 0.15) is 18.1 Å². The summed E-state index contributed by atoms with van der Waals surface area (Å²) in [5.41, 5.74) is 4.22. The molecule has 0 aliphatic carbocycles. The molecule has 0 saturated carbocycles. The molecule has 0 aliphatic heterocycles. The van der Waals surface area contributed by atoms with Gasteiger partial charge >= 0.3 is 0 Å². The van der Waals surface area contributed by atoms with Crippen LogP contribution in [0.4, 0.5) is 5.95 Å². The lowest BCUT2D eigenvalue weighted by atomic mass is 10.1. The molecule has 0 radical (unpaired) electrons. The molecule has 2 aromatic heterocycles. The van der Waals surface area contributed by atoms with E-state index in [9.17, 15) is 0 Å². The van der Waals surface area contributed by atoms with Crippen LogP contribution in [0.3, 0.4) is 0 Å². The Bertz CT molecular complexity index is 1130. The van der Waals surface area contributed by atoms with Crippen LogP contribution in [0, 0.1) is 0 Å². The van der Waals surface area contributed by atoms with E-state index in [-0.39, 0.29) is 12.8 Å². The first-order chi connectivity index (χ1) is 15.2. The Morgan fingerprint density at radius 1 is 1.06 bits per heavy atom. The first kappa shape index (κ1) is 21.0. The highest BCUT2D eigenvalue weighted by atomic mass is 35.5. The van der Waals surface area contributed by atoms with E-state index in [4.69, 9.17) is 21.3 Å². The summed E-state index contributed by atoms with van der Waals surface area (Å²) in [5, 5.41) is 12.7. The van der Waals surface area contributed by atoms with E-state index in [0.29, 0.717) is 29.0 Å². The molecule has 7 nitrogen and oxygen atoms in total. The van der Waals surface area contributed by atoms with E-state index in [1.165, 1.54) is 0 Å². The van der Waals surface area contributed by atoms with Gasteiger partial charge in [-0.3, -0.25) is 0 Å². The second kappa shape index (κ2) is 9.68. The molecule has 4 aromatic rings. The molecule has 1 unspecified atom stereocenters. The molecule has 0 amide bonds. The van der Waals surface area contributed by atoms with Gasteiger partial charge < -0.3 is 10.1 Å². The van der Waals surface area contributed by atoms with Crippen LogP contribution < -0.4 is 5.32 Å². The van der Waals surface area contributed by atoms with Crippen molar-refractivity contribution in [2.24, 2.45) is 0 Å². The van der Waals surface area contributed by atoms with Crippen molar-refractivity contribution in [3.8, 4) is 22.6 Å². The SMILES string of the molecule is CCOCn1nnc(-c2ccc(Cl)cc2)c1-c1ccnc(NC(C)c2ccccc2)n1. The van der Waals surface area contributed by atoms with Gasteiger partial charge in [0, 0.05) is 23.4 Å². The Labute approximate surface area is 186 Å². The number of benzene rings is 2. The fourth-order valence-electron chi connectivity index (χ4n) is 3.22. The van der Waals surface area contributed by atoms with Gasteiger partial charge in [-0.25, -0.2) is 14.6 Å². The molecule has 2 heterocycles. The van der Waals surface area contributed by atoms with E-state index in [1.54, 1.807) is 10.9 Å². The van der Waals surface area contributed by atoms with Crippen molar-refractivity contribution in [3.63, 3.8) is 0 Å². The van der Waals surface area contributed by atoms with E-state index >= 15 is 0 Å². The third-order valence-corrected chi connectivity index (χ3v) is 5.07. The normalized spacial score (nSPS) is 12.0. The summed E-state index contributed by atoms with van der Waals surface area (Å²) in [5.74, 6) is 0.528. The predicted molar refractivity (Wildman–Crippen MR) is 122 cm³/mol. The lowest BCUT2D eigenvalue weighted by Gasteiger charge is -2.15. The number of halogens is 1. The lowest BCUT2D eigenvalue weighted by Crippen LogP contribution is -2.11. The summed E-state index contributed by atoms with van der Waals surface area (Å²) in [6, 6.07) is 19.6. The summed E-state index contributed by atoms with van der Waals surface area (Å²) in [7, 11) is 0. The molecule has 0 fully saturated rings. The minimum Gasteiger partial charge on any atom is -0.359 e. The van der Waals surface area contributed by atoms with Crippen molar-refractivity contribution in [2.45, 2.75) is 26.6 Å². The molecule has 0 bridgehead atoms. The van der Waals surface area contributed by atoms with Gasteiger partial charge in [0.2, 0.25) is 5.95 Å². The van der Waals surface area contributed by atoms with Crippen molar-refractivity contribution < 1.29 is 4.74 Å². The Balaban J connectivity index is 1.70. The third-order valence-electron chi connectivity index (χ3n) is 4.81. The molecule has 31 heavy (non-hydrogen) atoms. The molecule has 158 valence electrons. The minimum atomic E-state index is 0.0543. The monoisotopic (exact) mass is 434 g/mol. The van der Waals surface area contributed by atoms with Crippen LogP contribution in [-0.4, -0.2) is 31.6 Å². The first-order valence-electron chi connectivity index (χ1n) is 10.1. The van der Waals surface area contributed by atoms with Gasteiger partial charge in [0.15, 0.2) is 0 Å². The largest absolute Gasteiger partial charge is 0.359 e. The fraction of sp³-hybridized carbons (Fsp3) is 0.217. The van der Waals surface area contributed by atoms with Gasteiger partial charge in [-0.05, 0) is 37.6 Å². The van der Waals surface area contributed by atoms with Gasteiger partial charge in [0.05, 0.1) is 11.7 Å². The number of ether oxygens (including phenoxy) is 1. The Hall–Kier alpha value is -3.29. The van der Waals surface area contributed by atoms with Crippen LogP contribution in [0.5, 0.6) is 0 Å². The maximum absolute atomic E-state index is 6.06. The van der Waals surface area contributed by atoms with E-state index in [2.05, 4.69) is 39.7 Å². The lowest BCUT2D eigenvalue weighted by molar-refractivity contribution is 0.0790. The highest BCUT2D eigenvalue weighted by molar-refractivity contribution is 6.30. The summed E-state index contributed by atoms with van der Waals surface area (Å²) >= 11 is 6.06. The van der Waals surface area contributed by atoms with Crippen molar-refractivity contribution in [1.29, 1.82) is 0 Å². The second-order valence-corrected chi connectivity index (χ2v) is 7.39. The predicted octanol–water partition coefficient (Wildman–Crippen LogP) is 5.22. The van der Waals surface area contributed by atoms with E-state index in [0.717, 1.165) is 16.8 Å². The average molecular weight is 435 g/mol. The number of rotatable bonds is 8. The number of nitrogens with one attached hydrogen (secondary N) is 1. The molecule has 1 atom stereocenters. The molecule has 0 saturated heterocycles. The van der Waals surface area contributed by atoms with Crippen molar-refractivity contribution >= 4 is 17.5 Å². The summed E-state index contributed by atoms with van der Waals surface area (Å²) < 4.78 is 7.29. The van der Waals surface area contributed by atoms with Crippen LogP contribution in [0.15, 0.2) is 66.9 Å². The highest BCUT2D eigenvalue weighted by Crippen LogP contribution is 2.30. The maximum Gasteiger partial charge on any atom is 0.223 e. The standard InChI is InChI=1S/C23H23ClN6O/c1-3-31-15-30-22(21(28-29-30)18-9-11-19(24)12-10-18)20-13-14-25-23(27-20)26-16(2)17-7-5-4-6-8-17/h4-14,16H,3,15H2,1-2H3,(H,25,26,27). The smallest absolute Gasteiger partial charge is 0.223 e. The van der Waals surface area contributed by atoms with Gasteiger partial charge in [-0.1, -0.05) is 59.3 Å². The van der Waals surface area contributed by atoms with Crippen LogP contribution in [-0.2, 0) is 11.5 Å². The van der Waals surface area contributed by atoms with Crippen LogP contribution in [0.2, 0.25) is 5.02 Å². The highest BCUT2D eigenvalue weighted by Gasteiger charge is 2.19. The Morgan fingerprint density at radius 2 is 1.84 bits per heavy atom. The molecular weight excluding hydrogens is 412 g/mol. The molecule has 2 aromatic carbocycles. The summed E-state index contributed by atoms with van der Waals surface area (Å²) in [6.07, 6.45) is 1.73. The average Bonchev–Trinajstić information content (AvgIpc) is 3.23. The quantitative estimate of drug-likeness (QED) is 0.409. The van der Waals surface area contributed by atoms with Crippen molar-refractivity contribution in [1.82, 2.24) is 25.0 Å². The van der Waals surface area contributed by atoms with Crippen molar-refractivity contribution in [3.05, 3.63) is 77.4 Å². The zero-order valence-corrected chi connectivity index (χ0v) is 18.1. The molecule has 1 N–H and O–H groups in total. The van der Waals surface area contributed by atoms with Gasteiger partial charge in [0.25, 0.3) is 0 Å². The molecule has 4 rings (SSSR count). The molecular formula is C23H23ClN6O. The molecule has 0 spiro atoms. The number of nitrogens with zero attached hydrogens (tertiary/aromatic N) is 5. The number of aromatic nitrogens is 5. The molecule has 0 aliphatic rings. The maximum atomic E-state index is 6.06. The molecule has 8 heteroatoms. The fourth-order valence-corrected chi connectivity index (χ4v) is 3.34. The summed E-state index contributed by atoms with van der Waals surface area (Å²) in [4.78, 5) is 9.15. The van der Waals surface area contributed by atoms with Gasteiger partial charge in [-0.2, -0.15) is 0 Å². The topological polar surface area (TPSA) is 77.8 Å². The zero-order chi connectivity index (χ0) is 21.6. The van der Waals surface area contributed by atoms with Crippen LogP contribution >= 0.6 is 11.6 Å². The zero-order valence-electron chi connectivity index (χ0n) is 17.4. The van der Waals surface area contributed by atoms with Crippen molar-refractivity contribution in [2.75, 3.05) is 11.9 Å². The van der Waals surface area contributed by atoms with E-state index < -0.39 is 0 Å². The second-order valence-electron chi connectivity index (χ2n) is 6.96. The number of hydrogen-bond acceptors (Lipinski definition) is 6. The third kappa shape index (κ3) is 4.90. The first-order valence-corrected chi connectivity index (χ1v) is 10.5. The Kier molecular flexibility index (Phi) is 6.54. The minimum absolute atomic E-state index is 0.0543. The summed E-state index contributed by atoms with van der Waals surface area (Å²) in [6.45, 7) is 4.86. The van der Waals surface area contributed by atoms with Crippen LogP contribution in [0.25, 0.3) is 22.6 Å².